The van der Waals surface area contributed by atoms with Gasteiger partial charge in [-0.15, -0.1) is 11.8 Å². The molecular formula is C56H62ClF3N5O7PS2. The van der Waals surface area contributed by atoms with Crippen LogP contribution < -0.4 is 19.8 Å². The molecule has 398 valence electrons. The van der Waals surface area contributed by atoms with E-state index in [2.05, 4.69) is 25.3 Å². The Hall–Kier alpha value is -5.26. The summed E-state index contributed by atoms with van der Waals surface area (Å²) < 4.78 is 95.0. The number of hydrogen-bond donors (Lipinski definition) is 2. The highest BCUT2D eigenvalue weighted by molar-refractivity contribution is 7.99. The Bertz CT molecular complexity index is 3150. The van der Waals surface area contributed by atoms with Crippen molar-refractivity contribution in [1.82, 2.24) is 9.47 Å². The van der Waals surface area contributed by atoms with Crippen LogP contribution in [0.5, 0.6) is 0 Å². The molecule has 2 atom stereocenters. The maximum atomic E-state index is 15.0. The van der Waals surface area contributed by atoms with Crippen molar-refractivity contribution in [1.29, 1.82) is 0 Å². The Labute approximate surface area is 446 Å². The number of likely N-dealkylation sites (tertiary alicyclic amines) is 1. The van der Waals surface area contributed by atoms with E-state index in [1.54, 1.807) is 23.9 Å². The number of aromatic nitrogens is 1. The van der Waals surface area contributed by atoms with Crippen molar-refractivity contribution in [2.45, 2.75) is 73.9 Å². The summed E-state index contributed by atoms with van der Waals surface area (Å²) >= 11 is 7.84. The largest absolute Gasteiger partial charge is 0.501 e. The van der Waals surface area contributed by atoms with E-state index < -0.39 is 33.7 Å². The third kappa shape index (κ3) is 11.7. The third-order valence-corrected chi connectivity index (χ3v) is 20.2. The van der Waals surface area contributed by atoms with Crippen LogP contribution in [-0.4, -0.2) is 110 Å². The molecule has 5 aromatic carbocycles. The maximum absolute atomic E-state index is 15.0. The molecule has 9 rings (SSSR count). The molecular weight excluding hydrogens is 1040 g/mol. The van der Waals surface area contributed by atoms with E-state index in [9.17, 15) is 41.2 Å². The van der Waals surface area contributed by atoms with Gasteiger partial charge in [-0.1, -0.05) is 60.1 Å². The topological polar surface area (TPSA) is 136 Å². The van der Waals surface area contributed by atoms with Crippen molar-refractivity contribution in [3.05, 3.63) is 143 Å². The number of thioether (sulfide) groups is 1. The minimum absolute atomic E-state index is 0.00495. The molecule has 12 nitrogen and oxygen atoms in total. The number of aliphatic hydroxyl groups excluding tert-OH is 1. The Morgan fingerprint density at radius 2 is 1.47 bits per heavy atom. The van der Waals surface area contributed by atoms with Crippen LogP contribution >= 0.6 is 30.9 Å². The molecule has 19 heteroatoms. The zero-order valence-electron chi connectivity index (χ0n) is 42.1. The summed E-state index contributed by atoms with van der Waals surface area (Å²) in [7, 11) is -9.96. The number of sulfone groups is 1. The predicted octanol–water partition coefficient (Wildman–Crippen LogP) is 11.8. The Morgan fingerprint density at radius 1 is 0.813 bits per heavy atom. The number of halogens is 4. The lowest BCUT2D eigenvalue weighted by molar-refractivity contribution is -0.0436. The summed E-state index contributed by atoms with van der Waals surface area (Å²) in [6.45, 7) is 10.8. The number of carbonyl (C=O) groups is 1. The molecule has 3 fully saturated rings. The third-order valence-electron chi connectivity index (χ3n) is 14.6. The number of nitrogens with zero attached hydrogens (tertiary/aromatic N) is 5. The molecule has 75 heavy (non-hydrogen) atoms. The van der Waals surface area contributed by atoms with Gasteiger partial charge in [0.15, 0.2) is 0 Å². The highest BCUT2D eigenvalue weighted by atomic mass is 35.5. The molecule has 3 saturated heterocycles. The van der Waals surface area contributed by atoms with E-state index in [0.29, 0.717) is 92.8 Å². The second-order valence-electron chi connectivity index (χ2n) is 19.8. The van der Waals surface area contributed by atoms with Crippen LogP contribution in [0.2, 0.25) is 5.02 Å². The Morgan fingerprint density at radius 3 is 2.11 bits per heavy atom. The van der Waals surface area contributed by atoms with Gasteiger partial charge in [0.1, 0.15) is 0 Å². The van der Waals surface area contributed by atoms with Crippen LogP contribution in [0, 0.1) is 12.8 Å². The van der Waals surface area contributed by atoms with Gasteiger partial charge in [-0.2, -0.15) is 13.2 Å². The zero-order chi connectivity index (χ0) is 53.2. The highest BCUT2D eigenvalue weighted by Crippen LogP contribution is 2.56. The normalized spacial score (nSPS) is 18.5. The Balaban J connectivity index is 0.923. The van der Waals surface area contributed by atoms with Crippen LogP contribution in [0.4, 0.5) is 30.2 Å². The van der Waals surface area contributed by atoms with Crippen LogP contribution in [0.25, 0.3) is 22.4 Å². The average molecular weight is 1100 g/mol. The van der Waals surface area contributed by atoms with Crippen molar-refractivity contribution in [3.63, 3.8) is 0 Å². The summed E-state index contributed by atoms with van der Waals surface area (Å²) in [4.78, 5) is 19.7. The van der Waals surface area contributed by atoms with E-state index in [0.717, 1.165) is 39.2 Å². The number of rotatable bonds is 17. The van der Waals surface area contributed by atoms with Crippen molar-refractivity contribution in [2.24, 2.45) is 5.92 Å². The number of piperazine rings is 1. The van der Waals surface area contributed by atoms with Gasteiger partial charge in [-0.3, -0.25) is 9.24 Å². The molecule has 0 radical (unpaired) electrons. The van der Waals surface area contributed by atoms with Crippen molar-refractivity contribution in [3.8, 4) is 22.4 Å². The van der Waals surface area contributed by atoms with Crippen molar-refractivity contribution < 1.29 is 45.7 Å². The summed E-state index contributed by atoms with van der Waals surface area (Å²) in [5, 5.41) is 21.1. The van der Waals surface area contributed by atoms with Gasteiger partial charge in [0.05, 0.1) is 40.7 Å². The first-order chi connectivity index (χ1) is 35.8. The van der Waals surface area contributed by atoms with Gasteiger partial charge < -0.3 is 34.0 Å². The summed E-state index contributed by atoms with van der Waals surface area (Å²) in [5.74, 6) is -0.682. The second kappa shape index (κ2) is 22.8. The van der Waals surface area contributed by atoms with E-state index in [1.807, 2.05) is 106 Å². The number of alkyl halides is 3. The first-order valence-electron chi connectivity index (χ1n) is 25.3. The number of hydrogen-bond acceptors (Lipinski definition) is 10. The molecule has 0 spiro atoms. The number of carboxylic acids is 1. The molecule has 4 heterocycles. The zero-order valence-corrected chi connectivity index (χ0v) is 45.4. The number of benzene rings is 5. The minimum atomic E-state index is -5.87. The highest BCUT2D eigenvalue weighted by Gasteiger charge is 2.49. The van der Waals surface area contributed by atoms with Crippen molar-refractivity contribution >= 4 is 69.1 Å². The molecule has 3 aliphatic heterocycles. The first-order valence-corrected chi connectivity index (χ1v) is 29.7. The van der Waals surface area contributed by atoms with Crippen molar-refractivity contribution in [2.75, 3.05) is 79.2 Å². The number of anilines is 3. The molecule has 3 aliphatic rings. The summed E-state index contributed by atoms with van der Waals surface area (Å²) in [6.07, 6.45) is 1.57. The van der Waals surface area contributed by atoms with Gasteiger partial charge in [0.2, 0.25) is 0 Å². The molecule has 0 aliphatic carbocycles. The summed E-state index contributed by atoms with van der Waals surface area (Å²) in [6, 6.07) is 36.2. The van der Waals surface area contributed by atoms with Gasteiger partial charge in [0, 0.05) is 89.3 Å². The lowest BCUT2D eigenvalue weighted by atomic mass is 9.96. The number of aromatic carboxylic acids is 1. The van der Waals surface area contributed by atoms with Crippen LogP contribution in [0.1, 0.15) is 60.8 Å². The monoisotopic (exact) mass is 1100 g/mol. The van der Waals surface area contributed by atoms with E-state index in [1.165, 1.54) is 16.8 Å². The molecule has 0 bridgehead atoms. The fourth-order valence-corrected chi connectivity index (χ4v) is 15.2. The average Bonchev–Trinajstić information content (AvgIpc) is 3.96. The van der Waals surface area contributed by atoms with Gasteiger partial charge in [0.25, 0.3) is 9.84 Å². The molecule has 0 amide bonds. The molecule has 1 unspecified atom stereocenters. The number of aliphatic hydroxyl groups is 1. The smallest absolute Gasteiger partial charge is 0.478 e. The van der Waals surface area contributed by atoms with Gasteiger partial charge in [-0.05, 0) is 148 Å². The lowest BCUT2D eigenvalue weighted by Gasteiger charge is -2.37. The SMILES string of the molecule is Cc1c(C(=O)O)c(-c2cccc(N3CCN(c4ccc(N5CCOP5(=O)c5ccc(C[C@H](CCN6CCC(O)CC6)CSc6ccccc6)c(S(=O)(=O)C(F)(F)F)c5)cc4)CC3)c2)c(-c2ccc(Cl)cc2)n1C(C)C. The van der Waals surface area contributed by atoms with Crippen LogP contribution in [0.3, 0.4) is 0 Å². The minimum Gasteiger partial charge on any atom is -0.478 e. The van der Waals surface area contributed by atoms with E-state index in [4.69, 9.17) is 16.1 Å². The molecule has 2 N–H and O–H groups in total. The number of piperidine rings is 1. The fourth-order valence-electron chi connectivity index (χ4n) is 10.7. The Kier molecular flexibility index (Phi) is 16.5. The number of carboxylic acid groups (broad SMARTS) is 1. The summed E-state index contributed by atoms with van der Waals surface area (Å²) in [5.41, 5.74) is 0.811. The van der Waals surface area contributed by atoms with Crippen LogP contribution in [-0.2, 0) is 25.3 Å². The maximum Gasteiger partial charge on any atom is 0.501 e. The van der Waals surface area contributed by atoms with Crippen LogP contribution in [0.15, 0.2) is 131 Å². The molecule has 0 saturated carbocycles. The van der Waals surface area contributed by atoms with E-state index in [-0.39, 0.29) is 54.1 Å². The predicted molar refractivity (Wildman–Crippen MR) is 294 cm³/mol. The molecule has 1 aromatic heterocycles. The van der Waals surface area contributed by atoms with Gasteiger partial charge in [-0.25, -0.2) is 13.2 Å². The first kappa shape index (κ1) is 54.5. The van der Waals surface area contributed by atoms with E-state index >= 15 is 0 Å². The quantitative estimate of drug-likeness (QED) is 0.0665. The van der Waals surface area contributed by atoms with Gasteiger partial charge >= 0.3 is 19.0 Å². The standard InChI is InChI=1S/C56H62ClF3N5O7PS2/c1-38(2)65-39(3)52(55(67)68)53(54(65)41-12-15-44(57)16-13-41)43-8-7-9-47(35-43)63-30-28-62(29-31-63)45-17-19-46(20-18-45)64-32-33-72-73(64,69)49-21-14-42(51(36-49)75(70,71)56(58,59)60)34-40(37-74-50-10-5-4-6-11-50)22-25-61-26-23-48(66)24-27-61/h4-21,35-36,38,40,48,66H,22-34,37H2,1-3H3,(H,67,68)/t40-,73?/m0/s1. The molecule has 6 aromatic rings. The second-order valence-corrected chi connectivity index (χ2v) is 25.5. The lowest BCUT2D eigenvalue weighted by Crippen LogP contribution is -2.46. The fraction of sp³-hybridized carbons (Fsp3) is 0.375.